The summed E-state index contributed by atoms with van der Waals surface area (Å²) >= 11 is 0. The Bertz CT molecular complexity index is 1080. The van der Waals surface area contributed by atoms with Crippen molar-refractivity contribution in [2.45, 2.75) is 103 Å². The van der Waals surface area contributed by atoms with Crippen molar-refractivity contribution < 1.29 is 29.3 Å². The second-order valence-electron chi connectivity index (χ2n) is 13.5. The fraction of sp³-hybridized carbons (Fsp3) is 0.742. The number of ether oxygens (including phenoxy) is 2. The summed E-state index contributed by atoms with van der Waals surface area (Å²) in [6, 6.07) is 0. The molecule has 4 aliphatic carbocycles. The average Bonchev–Trinajstić information content (AvgIpc) is 3.21. The van der Waals surface area contributed by atoms with Crippen molar-refractivity contribution in [3.05, 3.63) is 34.9 Å². The van der Waals surface area contributed by atoms with Gasteiger partial charge in [-0.05, 0) is 106 Å². The van der Waals surface area contributed by atoms with E-state index < -0.39 is 23.3 Å². The molecular formula is C31H44O6. The molecule has 1 aliphatic heterocycles. The lowest BCUT2D eigenvalue weighted by Crippen LogP contribution is -2.45. The predicted octanol–water partition coefficient (Wildman–Crippen LogP) is 5.04. The normalized spacial score (nSPS) is 42.4. The van der Waals surface area contributed by atoms with Crippen molar-refractivity contribution in [2.24, 2.45) is 34.5 Å². The van der Waals surface area contributed by atoms with Crippen molar-refractivity contribution in [3.8, 4) is 0 Å². The Hall–Kier alpha value is -1.92. The second-order valence-corrected chi connectivity index (χ2v) is 13.5. The number of esters is 2. The van der Waals surface area contributed by atoms with Crippen LogP contribution in [0.1, 0.15) is 86.0 Å². The first-order valence-electron chi connectivity index (χ1n) is 14.1. The SMILES string of the molecule is COC(=O)[C@](C)(O)[C@H]1C[C@@H](O)[C@H](C2CC[C@@]3(C)C4=C(C=C5C=CC(=O)OC(C)(C)[C@@H]5CC4)CC[C@]23C)C1. The van der Waals surface area contributed by atoms with Gasteiger partial charge in [-0.1, -0.05) is 31.6 Å². The highest BCUT2D eigenvalue weighted by Crippen LogP contribution is 2.69. The maximum atomic E-state index is 12.3. The summed E-state index contributed by atoms with van der Waals surface area (Å²) in [5.41, 5.74) is 2.09. The van der Waals surface area contributed by atoms with Crippen molar-refractivity contribution in [1.82, 2.24) is 0 Å². The van der Waals surface area contributed by atoms with Crippen LogP contribution in [0.25, 0.3) is 0 Å². The van der Waals surface area contributed by atoms with Gasteiger partial charge in [-0.3, -0.25) is 0 Å². The molecule has 0 bridgehead atoms. The highest BCUT2D eigenvalue weighted by Gasteiger charge is 2.62. The molecule has 8 atom stereocenters. The molecule has 5 aliphatic rings. The average molecular weight is 513 g/mol. The van der Waals surface area contributed by atoms with Crippen LogP contribution in [-0.4, -0.2) is 46.6 Å². The maximum absolute atomic E-state index is 12.3. The highest BCUT2D eigenvalue weighted by molar-refractivity contribution is 5.83. The van der Waals surface area contributed by atoms with E-state index in [1.54, 1.807) is 11.6 Å². The Kier molecular flexibility index (Phi) is 6.35. The molecule has 0 aromatic carbocycles. The van der Waals surface area contributed by atoms with Gasteiger partial charge < -0.3 is 19.7 Å². The number of allylic oxidation sites excluding steroid dienone is 4. The summed E-state index contributed by atoms with van der Waals surface area (Å²) in [5, 5.41) is 22.2. The van der Waals surface area contributed by atoms with Gasteiger partial charge in [0, 0.05) is 17.9 Å². The van der Waals surface area contributed by atoms with Crippen LogP contribution in [-0.2, 0) is 19.1 Å². The summed E-state index contributed by atoms with van der Waals surface area (Å²) in [6.07, 6.45) is 12.5. The number of hydrogen-bond donors (Lipinski definition) is 2. The zero-order chi connectivity index (χ0) is 27.0. The zero-order valence-corrected chi connectivity index (χ0v) is 23.3. The molecule has 6 nitrogen and oxygen atoms in total. The van der Waals surface area contributed by atoms with Crippen LogP contribution in [0, 0.1) is 34.5 Å². The van der Waals surface area contributed by atoms with Gasteiger partial charge >= 0.3 is 11.9 Å². The number of hydrogen-bond acceptors (Lipinski definition) is 6. The van der Waals surface area contributed by atoms with Gasteiger partial charge in [0.05, 0.1) is 13.2 Å². The van der Waals surface area contributed by atoms with E-state index in [0.29, 0.717) is 18.8 Å². The van der Waals surface area contributed by atoms with Crippen molar-refractivity contribution >= 4 is 11.9 Å². The molecule has 2 N–H and O–H groups in total. The molecule has 0 radical (unpaired) electrons. The Morgan fingerprint density at radius 3 is 2.54 bits per heavy atom. The molecular weight excluding hydrogens is 468 g/mol. The van der Waals surface area contributed by atoms with Crippen LogP contribution in [0.2, 0.25) is 0 Å². The summed E-state index contributed by atoms with van der Waals surface area (Å²) in [6.45, 7) is 10.4. The van der Waals surface area contributed by atoms with E-state index in [2.05, 4.69) is 19.9 Å². The molecule has 0 amide bonds. The largest absolute Gasteiger partial charge is 0.467 e. The van der Waals surface area contributed by atoms with Gasteiger partial charge in [0.15, 0.2) is 5.60 Å². The first-order chi connectivity index (χ1) is 17.2. The lowest BCUT2D eigenvalue weighted by molar-refractivity contribution is -0.166. The van der Waals surface area contributed by atoms with Gasteiger partial charge in [-0.15, -0.1) is 0 Å². The van der Waals surface area contributed by atoms with E-state index in [-0.39, 0.29) is 34.6 Å². The van der Waals surface area contributed by atoms with Crippen LogP contribution in [0.3, 0.4) is 0 Å². The molecule has 0 spiro atoms. The molecule has 1 unspecified atom stereocenters. The Morgan fingerprint density at radius 2 is 1.84 bits per heavy atom. The fourth-order valence-electron chi connectivity index (χ4n) is 9.11. The van der Waals surface area contributed by atoms with Crippen LogP contribution < -0.4 is 0 Å². The number of aliphatic hydroxyl groups is 2. The van der Waals surface area contributed by atoms with Gasteiger partial charge in [0.25, 0.3) is 0 Å². The highest BCUT2D eigenvalue weighted by atomic mass is 16.6. The van der Waals surface area contributed by atoms with E-state index in [4.69, 9.17) is 9.47 Å². The van der Waals surface area contributed by atoms with E-state index in [1.165, 1.54) is 25.2 Å². The molecule has 204 valence electrons. The lowest BCUT2D eigenvalue weighted by Gasteiger charge is -2.52. The van der Waals surface area contributed by atoms with Crippen molar-refractivity contribution in [1.29, 1.82) is 0 Å². The minimum atomic E-state index is -1.58. The number of carbonyl (C=O) groups is 2. The standard InChI is InChI=1S/C31H44O6/c1-28(2)22-8-9-23-19(15-18(22)7-10-26(33)37-28)11-13-30(4)24(12-14-29(23,30)3)21-16-20(17-25(21)32)31(5,35)27(34)36-6/h7,10,15,20-22,24-25,32,35H,8-9,11-14,16-17H2,1-6H3/t20-,21+,22-,24?,25-,29+,30-,31-/m1/s1. The monoisotopic (exact) mass is 512 g/mol. The van der Waals surface area contributed by atoms with E-state index >= 15 is 0 Å². The number of methoxy groups -OCH3 is 1. The molecule has 0 aromatic rings. The molecule has 2 saturated carbocycles. The van der Waals surface area contributed by atoms with Crippen molar-refractivity contribution in [2.75, 3.05) is 7.11 Å². The second kappa shape index (κ2) is 8.81. The Balaban J connectivity index is 1.45. The van der Waals surface area contributed by atoms with E-state index in [1.807, 2.05) is 19.9 Å². The smallest absolute Gasteiger partial charge is 0.337 e. The zero-order valence-electron chi connectivity index (χ0n) is 23.3. The van der Waals surface area contributed by atoms with E-state index in [9.17, 15) is 19.8 Å². The predicted molar refractivity (Wildman–Crippen MR) is 140 cm³/mol. The third-order valence-corrected chi connectivity index (χ3v) is 11.5. The Morgan fingerprint density at radius 1 is 1.11 bits per heavy atom. The number of aliphatic hydroxyl groups excluding tert-OH is 1. The summed E-state index contributed by atoms with van der Waals surface area (Å²) in [4.78, 5) is 24.5. The molecule has 37 heavy (non-hydrogen) atoms. The molecule has 6 heteroatoms. The molecule has 5 rings (SSSR count). The van der Waals surface area contributed by atoms with Gasteiger partial charge in [0.2, 0.25) is 0 Å². The molecule has 0 saturated heterocycles. The molecule has 2 fully saturated rings. The van der Waals surface area contributed by atoms with E-state index in [0.717, 1.165) is 38.5 Å². The summed E-state index contributed by atoms with van der Waals surface area (Å²) in [7, 11) is 1.30. The first-order valence-corrected chi connectivity index (χ1v) is 14.1. The third kappa shape index (κ3) is 3.96. The van der Waals surface area contributed by atoms with Crippen LogP contribution in [0.4, 0.5) is 0 Å². The quantitative estimate of drug-likeness (QED) is 0.515. The number of cyclic esters (lactones) is 1. The topological polar surface area (TPSA) is 93.1 Å². The maximum Gasteiger partial charge on any atom is 0.337 e. The molecule has 1 heterocycles. The Labute approximate surface area is 221 Å². The minimum Gasteiger partial charge on any atom is -0.467 e. The van der Waals surface area contributed by atoms with Crippen LogP contribution in [0.15, 0.2) is 34.9 Å². The van der Waals surface area contributed by atoms with Gasteiger partial charge in [-0.2, -0.15) is 0 Å². The van der Waals surface area contributed by atoms with Gasteiger partial charge in [0.1, 0.15) is 5.60 Å². The van der Waals surface area contributed by atoms with Crippen molar-refractivity contribution in [3.63, 3.8) is 0 Å². The van der Waals surface area contributed by atoms with Crippen LogP contribution >= 0.6 is 0 Å². The van der Waals surface area contributed by atoms with Crippen LogP contribution in [0.5, 0.6) is 0 Å². The van der Waals surface area contributed by atoms with Gasteiger partial charge in [-0.25, -0.2) is 9.59 Å². The third-order valence-electron chi connectivity index (χ3n) is 11.5. The minimum absolute atomic E-state index is 0.0269. The number of carbonyl (C=O) groups excluding carboxylic acids is 2. The molecule has 0 aromatic heterocycles. The summed E-state index contributed by atoms with van der Waals surface area (Å²) in [5.74, 6) is -0.641. The first kappa shape index (κ1) is 26.7. The number of rotatable bonds is 3. The summed E-state index contributed by atoms with van der Waals surface area (Å²) < 4.78 is 10.7. The fourth-order valence-corrected chi connectivity index (χ4v) is 9.11. The number of fused-ring (bicyclic) bond motifs is 3. The lowest BCUT2D eigenvalue weighted by atomic mass is 9.52.